The molecule has 0 radical (unpaired) electrons. The maximum Gasteiger partial charge on any atom is 0.276 e. The van der Waals surface area contributed by atoms with Gasteiger partial charge in [-0.25, -0.2) is 4.39 Å². The molecular weight excluding hydrogens is 445 g/mol. The number of benzene rings is 1. The molecule has 3 atom stereocenters. The van der Waals surface area contributed by atoms with Crippen LogP contribution in [0.5, 0.6) is 11.5 Å². The van der Waals surface area contributed by atoms with E-state index in [1.54, 1.807) is 4.90 Å². The number of amides is 2. The Bertz CT molecular complexity index is 1260. The van der Waals surface area contributed by atoms with Crippen molar-refractivity contribution < 1.29 is 28.6 Å². The molecule has 2 saturated carbocycles. The summed E-state index contributed by atoms with van der Waals surface area (Å²) in [5.74, 6) is -2.01. The lowest BCUT2D eigenvalue weighted by atomic mass is 10.1. The molecule has 2 aromatic rings. The van der Waals surface area contributed by atoms with Gasteiger partial charge in [0.1, 0.15) is 17.1 Å². The number of nitrogens with one attached hydrogen (secondary N) is 1. The first-order chi connectivity index (χ1) is 16.4. The van der Waals surface area contributed by atoms with Crippen LogP contribution in [-0.4, -0.2) is 50.9 Å². The fourth-order valence-electron chi connectivity index (χ4n) is 5.14. The molecule has 1 aromatic heterocycles. The SMILES string of the molecule is O=C(NCc1ccc(F)cc1OC1CC1)c1cn2c(c(O)c1=O)C(=O)N1[C@H]3CC[C@H](C3)O[C@H]1C2. The first kappa shape index (κ1) is 21.2. The number of aromatic hydroxyl groups is 1. The highest BCUT2D eigenvalue weighted by Gasteiger charge is 2.47. The van der Waals surface area contributed by atoms with Crippen molar-refractivity contribution in [3.8, 4) is 11.5 Å². The molecule has 3 fully saturated rings. The van der Waals surface area contributed by atoms with E-state index in [2.05, 4.69) is 5.32 Å². The van der Waals surface area contributed by atoms with E-state index in [1.165, 1.54) is 29.0 Å². The summed E-state index contributed by atoms with van der Waals surface area (Å²) in [4.78, 5) is 40.5. The third-order valence-corrected chi connectivity index (χ3v) is 6.99. The number of nitrogens with zero attached hydrogens (tertiary/aromatic N) is 2. The summed E-state index contributed by atoms with van der Waals surface area (Å²) in [5, 5.41) is 13.2. The van der Waals surface area contributed by atoms with E-state index in [4.69, 9.17) is 9.47 Å². The standard InChI is InChI=1S/C24H24FN3O6/c25-13-2-1-12(18(7-13)33-15-5-6-15)9-26-23(31)17-10-27-11-19-28(14-3-4-16(8-14)34-19)24(32)20(27)22(30)21(17)29/h1-2,7,10,14-16,19,30H,3-6,8-9,11H2,(H,26,31)/t14-,16+,19-/m0/s1. The minimum absolute atomic E-state index is 0.00489. The van der Waals surface area contributed by atoms with Crippen molar-refractivity contribution in [2.24, 2.45) is 0 Å². The maximum absolute atomic E-state index is 13.7. The van der Waals surface area contributed by atoms with Crippen LogP contribution in [0.15, 0.2) is 29.2 Å². The Morgan fingerprint density at radius 1 is 1.24 bits per heavy atom. The van der Waals surface area contributed by atoms with Gasteiger partial charge in [-0.05, 0) is 38.2 Å². The number of aromatic nitrogens is 1. The van der Waals surface area contributed by atoms with Crippen molar-refractivity contribution in [3.63, 3.8) is 0 Å². The van der Waals surface area contributed by atoms with E-state index in [9.17, 15) is 23.9 Å². The van der Waals surface area contributed by atoms with E-state index in [1.807, 2.05) is 0 Å². The molecular formula is C24H24FN3O6. The highest BCUT2D eigenvalue weighted by atomic mass is 19.1. The number of rotatable bonds is 5. The van der Waals surface area contributed by atoms with Crippen LogP contribution in [0, 0.1) is 5.82 Å². The number of hydrogen-bond donors (Lipinski definition) is 2. The van der Waals surface area contributed by atoms with Crippen molar-refractivity contribution >= 4 is 11.8 Å². The monoisotopic (exact) mass is 469 g/mol. The van der Waals surface area contributed by atoms with Crippen molar-refractivity contribution in [2.45, 2.75) is 69.7 Å². The molecule has 4 aliphatic rings. The topological polar surface area (TPSA) is 110 Å². The lowest BCUT2D eigenvalue weighted by Crippen LogP contribution is -2.57. The first-order valence-corrected chi connectivity index (χ1v) is 11.6. The van der Waals surface area contributed by atoms with E-state index in [0.29, 0.717) is 11.3 Å². The zero-order valence-corrected chi connectivity index (χ0v) is 18.3. The summed E-state index contributed by atoms with van der Waals surface area (Å²) in [5.41, 5.74) is -0.745. The van der Waals surface area contributed by atoms with E-state index < -0.39 is 35.0 Å². The number of carbonyl (C=O) groups excluding carboxylic acids is 2. The molecule has 2 aliphatic carbocycles. The Labute approximate surface area is 194 Å². The van der Waals surface area contributed by atoms with Gasteiger partial charge in [-0.1, -0.05) is 6.07 Å². The second-order valence-corrected chi connectivity index (χ2v) is 9.37. The quantitative estimate of drug-likeness (QED) is 0.692. The maximum atomic E-state index is 13.7. The average Bonchev–Trinajstić information content (AvgIpc) is 3.55. The highest BCUT2D eigenvalue weighted by Crippen LogP contribution is 2.38. The molecule has 2 amide bonds. The number of fused-ring (bicyclic) bond motifs is 5. The van der Waals surface area contributed by atoms with Gasteiger partial charge < -0.3 is 29.4 Å². The van der Waals surface area contributed by atoms with Crippen LogP contribution in [-0.2, 0) is 17.8 Å². The molecule has 2 bridgehead atoms. The summed E-state index contributed by atoms with van der Waals surface area (Å²) in [6.07, 6.45) is 5.20. The fourth-order valence-corrected chi connectivity index (χ4v) is 5.14. The molecule has 9 nitrogen and oxygen atoms in total. The van der Waals surface area contributed by atoms with Gasteiger partial charge in [0, 0.05) is 30.4 Å². The molecule has 1 saturated heterocycles. The van der Waals surface area contributed by atoms with Crippen molar-refractivity contribution in [1.29, 1.82) is 0 Å². The lowest BCUT2D eigenvalue weighted by Gasteiger charge is -2.44. The Hall–Kier alpha value is -3.40. The van der Waals surface area contributed by atoms with E-state index in [-0.39, 0.29) is 42.6 Å². The summed E-state index contributed by atoms with van der Waals surface area (Å²) >= 11 is 0. The normalized spacial score (nSPS) is 25.0. The third-order valence-electron chi connectivity index (χ3n) is 6.99. The predicted octanol–water partition coefficient (Wildman–Crippen LogP) is 1.90. The Balaban J connectivity index is 1.26. The predicted molar refractivity (Wildman–Crippen MR) is 116 cm³/mol. The van der Waals surface area contributed by atoms with Crippen molar-refractivity contribution in [1.82, 2.24) is 14.8 Å². The Morgan fingerprint density at radius 3 is 2.85 bits per heavy atom. The number of carbonyl (C=O) groups is 2. The second-order valence-electron chi connectivity index (χ2n) is 9.37. The highest BCUT2D eigenvalue weighted by molar-refractivity contribution is 5.99. The smallest absolute Gasteiger partial charge is 0.276 e. The Morgan fingerprint density at radius 2 is 2.06 bits per heavy atom. The number of pyridine rings is 1. The minimum Gasteiger partial charge on any atom is -0.503 e. The van der Waals surface area contributed by atoms with Crippen LogP contribution in [0.4, 0.5) is 4.39 Å². The fraction of sp³-hybridized carbons (Fsp3) is 0.458. The van der Waals surface area contributed by atoms with Crippen LogP contribution in [0.3, 0.4) is 0 Å². The molecule has 0 spiro atoms. The van der Waals surface area contributed by atoms with E-state index >= 15 is 0 Å². The molecule has 0 unspecified atom stereocenters. The van der Waals surface area contributed by atoms with Crippen LogP contribution < -0.4 is 15.5 Å². The largest absolute Gasteiger partial charge is 0.503 e. The van der Waals surface area contributed by atoms with Crippen LogP contribution >= 0.6 is 0 Å². The minimum atomic E-state index is -0.911. The molecule has 6 rings (SSSR count). The zero-order valence-electron chi connectivity index (χ0n) is 18.3. The van der Waals surface area contributed by atoms with Gasteiger partial charge in [0.25, 0.3) is 11.8 Å². The van der Waals surface area contributed by atoms with Gasteiger partial charge in [0.05, 0.1) is 18.8 Å². The summed E-state index contributed by atoms with van der Waals surface area (Å²) < 4.78 is 26.8. The number of hydrogen-bond acceptors (Lipinski definition) is 6. The molecule has 2 aliphatic heterocycles. The number of ether oxygens (including phenoxy) is 2. The molecule has 10 heteroatoms. The third kappa shape index (κ3) is 3.53. The molecule has 3 heterocycles. The second kappa shape index (κ2) is 7.83. The van der Waals surface area contributed by atoms with Gasteiger partial charge in [-0.15, -0.1) is 0 Å². The average molecular weight is 469 g/mol. The summed E-state index contributed by atoms with van der Waals surface area (Å²) in [6.45, 7) is 0.227. The molecule has 178 valence electrons. The van der Waals surface area contributed by atoms with Gasteiger partial charge >= 0.3 is 0 Å². The van der Waals surface area contributed by atoms with Gasteiger partial charge in [0.15, 0.2) is 17.7 Å². The molecule has 2 N–H and O–H groups in total. The van der Waals surface area contributed by atoms with Crippen molar-refractivity contribution in [3.05, 3.63) is 57.3 Å². The molecule has 1 aromatic carbocycles. The number of halogens is 1. The molecule has 34 heavy (non-hydrogen) atoms. The van der Waals surface area contributed by atoms with Gasteiger partial charge in [-0.3, -0.25) is 14.4 Å². The van der Waals surface area contributed by atoms with Crippen LogP contribution in [0.25, 0.3) is 0 Å². The van der Waals surface area contributed by atoms with Crippen LogP contribution in [0.1, 0.15) is 58.5 Å². The van der Waals surface area contributed by atoms with E-state index in [0.717, 1.165) is 32.1 Å². The van der Waals surface area contributed by atoms with Crippen LogP contribution in [0.2, 0.25) is 0 Å². The first-order valence-electron chi connectivity index (χ1n) is 11.6. The Kier molecular flexibility index (Phi) is 4.87. The van der Waals surface area contributed by atoms with Crippen molar-refractivity contribution in [2.75, 3.05) is 0 Å². The van der Waals surface area contributed by atoms with Gasteiger partial charge in [-0.2, -0.15) is 0 Å². The summed E-state index contributed by atoms with van der Waals surface area (Å²) in [6, 6.07) is 4.10. The zero-order chi connectivity index (χ0) is 23.6. The van der Waals surface area contributed by atoms with Gasteiger partial charge in [0.2, 0.25) is 5.43 Å². The lowest BCUT2D eigenvalue weighted by molar-refractivity contribution is -0.132. The summed E-state index contributed by atoms with van der Waals surface area (Å²) in [7, 11) is 0.